The predicted octanol–water partition coefficient (Wildman–Crippen LogP) is 2.27. The van der Waals surface area contributed by atoms with E-state index < -0.39 is 0 Å². The Labute approximate surface area is 87.6 Å². The van der Waals surface area contributed by atoms with Gasteiger partial charge in [0.25, 0.3) is 0 Å². The number of hydrazine groups is 1. The second-order valence-electron chi connectivity index (χ2n) is 3.46. The Hall–Kier alpha value is -0.0500. The van der Waals surface area contributed by atoms with Gasteiger partial charge in [0.1, 0.15) is 0 Å². The van der Waals surface area contributed by atoms with Gasteiger partial charge in [-0.1, -0.05) is 31.4 Å². The molecule has 0 aliphatic heterocycles. The van der Waals surface area contributed by atoms with Crippen molar-refractivity contribution < 1.29 is 0 Å². The second kappa shape index (κ2) is 8.54. The molecule has 0 amide bonds. The first kappa shape index (κ1) is 12.9. The summed E-state index contributed by atoms with van der Waals surface area (Å²) in [6.45, 7) is 0.937. The Balaban J connectivity index is 0.00000144. The molecule has 1 fully saturated rings. The zero-order valence-corrected chi connectivity index (χ0v) is 9.20. The van der Waals surface area contributed by atoms with E-state index in [0.717, 1.165) is 12.5 Å². The molecule has 2 nitrogen and oxygen atoms in total. The molecular weight excluding hydrogens is 184 g/mol. The van der Waals surface area contributed by atoms with Crippen LogP contribution in [0.2, 0.25) is 0 Å². The van der Waals surface area contributed by atoms with Crippen molar-refractivity contribution in [2.75, 3.05) is 13.6 Å². The van der Waals surface area contributed by atoms with Crippen LogP contribution in [-0.4, -0.2) is 13.6 Å². The zero-order chi connectivity index (χ0) is 8.65. The van der Waals surface area contributed by atoms with Crippen molar-refractivity contribution in [1.82, 2.24) is 10.9 Å². The van der Waals surface area contributed by atoms with Crippen LogP contribution < -0.4 is 10.9 Å². The van der Waals surface area contributed by atoms with Gasteiger partial charge in [0.2, 0.25) is 0 Å². The quantitative estimate of drug-likeness (QED) is 0.417. The average molecular weight is 205 g/mol. The van der Waals surface area contributed by atoms with Gasteiger partial charge in [-0.25, -0.2) is 0 Å². The highest BCUT2D eigenvalue weighted by atomic mass is 35.5. The van der Waals surface area contributed by atoms with Crippen LogP contribution in [0.1, 0.15) is 32.1 Å². The fraction of sp³-hybridized carbons (Fsp3) is 0.800. The van der Waals surface area contributed by atoms with Crippen LogP contribution >= 0.6 is 12.4 Å². The Kier molecular flexibility index (Phi) is 8.51. The van der Waals surface area contributed by atoms with Gasteiger partial charge < -0.3 is 0 Å². The summed E-state index contributed by atoms with van der Waals surface area (Å²) in [5, 5.41) is 0. The molecule has 1 aliphatic rings. The van der Waals surface area contributed by atoms with Gasteiger partial charge in [-0.2, -0.15) is 0 Å². The lowest BCUT2D eigenvalue weighted by molar-refractivity contribution is 0.418. The highest BCUT2D eigenvalue weighted by Gasteiger charge is 2.08. The van der Waals surface area contributed by atoms with Gasteiger partial charge in [0.05, 0.1) is 0 Å². The topological polar surface area (TPSA) is 24.1 Å². The van der Waals surface area contributed by atoms with E-state index in [-0.39, 0.29) is 12.4 Å². The van der Waals surface area contributed by atoms with Gasteiger partial charge in [0.15, 0.2) is 0 Å². The molecule has 3 heteroatoms. The third-order valence-corrected chi connectivity index (χ3v) is 2.45. The van der Waals surface area contributed by atoms with Crippen LogP contribution in [0.15, 0.2) is 12.2 Å². The molecule has 0 radical (unpaired) electrons. The number of nitrogens with one attached hydrogen (secondary N) is 2. The van der Waals surface area contributed by atoms with Crippen LogP contribution in [-0.2, 0) is 0 Å². The molecule has 0 heterocycles. The summed E-state index contributed by atoms with van der Waals surface area (Å²) in [4.78, 5) is 0. The smallest absolute Gasteiger partial charge is 0.0280 e. The minimum absolute atomic E-state index is 0. The lowest BCUT2D eigenvalue weighted by Crippen LogP contribution is -2.27. The van der Waals surface area contributed by atoms with Crippen molar-refractivity contribution in [3.8, 4) is 0 Å². The number of hydrogen-bond acceptors (Lipinski definition) is 2. The third-order valence-electron chi connectivity index (χ3n) is 2.45. The lowest BCUT2D eigenvalue weighted by Gasteiger charge is -2.17. The van der Waals surface area contributed by atoms with E-state index >= 15 is 0 Å². The summed E-state index contributed by atoms with van der Waals surface area (Å²) < 4.78 is 0. The summed E-state index contributed by atoms with van der Waals surface area (Å²) >= 11 is 0. The first-order valence-corrected chi connectivity index (χ1v) is 4.99. The Bertz CT molecular complexity index is 131. The van der Waals surface area contributed by atoms with E-state index in [4.69, 9.17) is 0 Å². The molecule has 13 heavy (non-hydrogen) atoms. The van der Waals surface area contributed by atoms with E-state index in [0.29, 0.717) is 0 Å². The molecule has 0 unspecified atom stereocenters. The molecule has 1 aliphatic carbocycles. The highest BCUT2D eigenvalue weighted by molar-refractivity contribution is 5.85. The van der Waals surface area contributed by atoms with E-state index in [1.54, 1.807) is 0 Å². The maximum Gasteiger partial charge on any atom is 0.0280 e. The SMILES string of the molecule is CNNCC=CC1CCCCC1.Cl. The summed E-state index contributed by atoms with van der Waals surface area (Å²) in [5.41, 5.74) is 5.96. The van der Waals surface area contributed by atoms with Crippen molar-refractivity contribution in [1.29, 1.82) is 0 Å². The van der Waals surface area contributed by atoms with Crippen LogP contribution in [0.4, 0.5) is 0 Å². The van der Waals surface area contributed by atoms with Crippen molar-refractivity contribution in [2.45, 2.75) is 32.1 Å². The van der Waals surface area contributed by atoms with Crippen LogP contribution in [0, 0.1) is 5.92 Å². The fourth-order valence-electron chi connectivity index (χ4n) is 1.75. The number of halogens is 1. The lowest BCUT2D eigenvalue weighted by atomic mass is 9.89. The third kappa shape index (κ3) is 6.08. The molecule has 0 bridgehead atoms. The number of rotatable bonds is 4. The van der Waals surface area contributed by atoms with Crippen LogP contribution in [0.3, 0.4) is 0 Å². The van der Waals surface area contributed by atoms with Crippen molar-refractivity contribution in [3.05, 3.63) is 12.2 Å². The van der Waals surface area contributed by atoms with Crippen molar-refractivity contribution >= 4 is 12.4 Å². The Morgan fingerprint density at radius 1 is 1.23 bits per heavy atom. The van der Waals surface area contributed by atoms with E-state index in [2.05, 4.69) is 23.0 Å². The Morgan fingerprint density at radius 2 is 1.92 bits per heavy atom. The standard InChI is InChI=1S/C10H20N2.ClH/c1-11-12-9-5-8-10-6-3-2-4-7-10;/h5,8,10-12H,2-4,6-7,9H2,1H3;1H. The molecule has 1 saturated carbocycles. The van der Waals surface area contributed by atoms with Crippen LogP contribution in [0.5, 0.6) is 0 Å². The largest absolute Gasteiger partial charge is 0.261 e. The minimum atomic E-state index is 0. The molecule has 78 valence electrons. The molecule has 0 saturated heterocycles. The molecule has 0 aromatic heterocycles. The van der Waals surface area contributed by atoms with Gasteiger partial charge in [-0.15, -0.1) is 12.4 Å². The zero-order valence-electron chi connectivity index (χ0n) is 8.38. The van der Waals surface area contributed by atoms with E-state index in [9.17, 15) is 0 Å². The predicted molar refractivity (Wildman–Crippen MR) is 60.0 cm³/mol. The van der Waals surface area contributed by atoms with Gasteiger partial charge in [0, 0.05) is 6.54 Å². The highest BCUT2D eigenvalue weighted by Crippen LogP contribution is 2.24. The fourth-order valence-corrected chi connectivity index (χ4v) is 1.75. The van der Waals surface area contributed by atoms with E-state index in [1.165, 1.54) is 32.1 Å². The van der Waals surface area contributed by atoms with Crippen molar-refractivity contribution in [3.63, 3.8) is 0 Å². The maximum atomic E-state index is 3.05. The summed E-state index contributed by atoms with van der Waals surface area (Å²) in [6.07, 6.45) is 11.7. The normalized spacial score (nSPS) is 18.8. The monoisotopic (exact) mass is 204 g/mol. The molecule has 0 atom stereocenters. The first-order chi connectivity index (χ1) is 5.93. The molecule has 1 rings (SSSR count). The average Bonchev–Trinajstić information content (AvgIpc) is 2.14. The molecule has 0 spiro atoms. The van der Waals surface area contributed by atoms with Gasteiger partial charge in [-0.05, 0) is 25.8 Å². The second-order valence-corrected chi connectivity index (χ2v) is 3.46. The first-order valence-electron chi connectivity index (χ1n) is 4.99. The molecule has 0 aromatic carbocycles. The molecular formula is C10H21ClN2. The number of allylic oxidation sites excluding steroid dienone is 1. The van der Waals surface area contributed by atoms with Gasteiger partial charge in [-0.3, -0.25) is 10.9 Å². The van der Waals surface area contributed by atoms with Crippen molar-refractivity contribution in [2.24, 2.45) is 5.92 Å². The number of hydrogen-bond donors (Lipinski definition) is 2. The summed E-state index contributed by atoms with van der Waals surface area (Å²) in [7, 11) is 1.90. The Morgan fingerprint density at radius 3 is 2.54 bits per heavy atom. The van der Waals surface area contributed by atoms with Crippen LogP contribution in [0.25, 0.3) is 0 Å². The maximum absolute atomic E-state index is 3.05. The minimum Gasteiger partial charge on any atom is -0.261 e. The molecule has 2 N–H and O–H groups in total. The summed E-state index contributed by atoms with van der Waals surface area (Å²) in [5.74, 6) is 0.859. The van der Waals surface area contributed by atoms with E-state index in [1.807, 2.05) is 7.05 Å². The molecule has 0 aromatic rings. The van der Waals surface area contributed by atoms with Gasteiger partial charge >= 0.3 is 0 Å². The summed E-state index contributed by atoms with van der Waals surface area (Å²) in [6, 6.07) is 0.